The fourth-order valence-corrected chi connectivity index (χ4v) is 2.27. The molecule has 1 heterocycles. The average molecular weight is 257 g/mol. The number of aromatic amines is 1. The lowest BCUT2D eigenvalue weighted by Gasteiger charge is -2.09. The lowest BCUT2D eigenvalue weighted by Crippen LogP contribution is -1.99. The van der Waals surface area contributed by atoms with E-state index in [4.69, 9.17) is 5.73 Å². The highest BCUT2D eigenvalue weighted by Gasteiger charge is 2.14. The van der Waals surface area contributed by atoms with Gasteiger partial charge in [-0.2, -0.15) is 5.10 Å². The number of rotatable bonds is 4. The van der Waals surface area contributed by atoms with E-state index in [0.717, 1.165) is 23.2 Å². The number of hydrogen-bond acceptors (Lipinski definition) is 2. The van der Waals surface area contributed by atoms with E-state index in [2.05, 4.69) is 62.2 Å². The summed E-state index contributed by atoms with van der Waals surface area (Å²) in [7, 11) is 0. The third-order valence-electron chi connectivity index (χ3n) is 3.38. The van der Waals surface area contributed by atoms with Crippen LogP contribution in [0.5, 0.6) is 0 Å². The molecule has 0 fully saturated rings. The van der Waals surface area contributed by atoms with Crippen molar-refractivity contribution in [1.82, 2.24) is 10.2 Å². The van der Waals surface area contributed by atoms with Crippen LogP contribution in [0.25, 0.3) is 11.3 Å². The smallest absolute Gasteiger partial charge is 0.149 e. The Morgan fingerprint density at radius 2 is 1.74 bits per heavy atom. The van der Waals surface area contributed by atoms with E-state index in [1.807, 2.05) is 0 Å². The van der Waals surface area contributed by atoms with E-state index in [1.165, 1.54) is 5.56 Å². The molecule has 102 valence electrons. The predicted octanol–water partition coefficient (Wildman–Crippen LogP) is 3.98. The summed E-state index contributed by atoms with van der Waals surface area (Å²) in [5, 5.41) is 7.23. The van der Waals surface area contributed by atoms with Crippen molar-refractivity contribution in [3.05, 3.63) is 35.4 Å². The van der Waals surface area contributed by atoms with Crippen LogP contribution in [0.3, 0.4) is 0 Å². The highest BCUT2D eigenvalue weighted by Crippen LogP contribution is 2.28. The van der Waals surface area contributed by atoms with Crippen molar-refractivity contribution in [1.29, 1.82) is 0 Å². The first-order valence-corrected chi connectivity index (χ1v) is 6.92. The molecule has 1 aromatic carbocycles. The summed E-state index contributed by atoms with van der Waals surface area (Å²) in [5.41, 5.74) is 10.7. The molecule has 0 aliphatic rings. The van der Waals surface area contributed by atoms with Crippen LogP contribution in [0.1, 0.15) is 44.7 Å². The number of aromatic nitrogens is 2. The van der Waals surface area contributed by atoms with Crippen LogP contribution >= 0.6 is 0 Å². The molecule has 0 amide bonds. The lowest BCUT2D eigenvalue weighted by atomic mass is 9.97. The average Bonchev–Trinajstić information content (AvgIpc) is 2.71. The summed E-state index contributed by atoms with van der Waals surface area (Å²) in [6.07, 6.45) is 0.948. The molecule has 0 saturated heterocycles. The van der Waals surface area contributed by atoms with Gasteiger partial charge in [0, 0.05) is 5.56 Å². The molecule has 2 aromatic rings. The molecular weight excluding hydrogens is 234 g/mol. The van der Waals surface area contributed by atoms with Crippen LogP contribution in [0, 0.1) is 5.92 Å². The Morgan fingerprint density at radius 3 is 2.26 bits per heavy atom. The SMILES string of the molecule is CC(C)Cc1c(N)n[nH]c1-c1ccc(C(C)C)cc1. The fourth-order valence-electron chi connectivity index (χ4n) is 2.27. The largest absolute Gasteiger partial charge is 0.382 e. The molecule has 3 heteroatoms. The van der Waals surface area contributed by atoms with Crippen molar-refractivity contribution in [2.75, 3.05) is 5.73 Å². The minimum Gasteiger partial charge on any atom is -0.382 e. The van der Waals surface area contributed by atoms with E-state index in [0.29, 0.717) is 17.7 Å². The van der Waals surface area contributed by atoms with E-state index < -0.39 is 0 Å². The van der Waals surface area contributed by atoms with E-state index in [1.54, 1.807) is 0 Å². The molecule has 0 radical (unpaired) electrons. The molecule has 0 unspecified atom stereocenters. The zero-order chi connectivity index (χ0) is 14.0. The molecule has 0 atom stereocenters. The van der Waals surface area contributed by atoms with Crippen LogP contribution < -0.4 is 5.73 Å². The van der Waals surface area contributed by atoms with E-state index >= 15 is 0 Å². The molecule has 3 N–H and O–H groups in total. The van der Waals surface area contributed by atoms with Crippen molar-refractivity contribution in [2.24, 2.45) is 5.92 Å². The first-order valence-electron chi connectivity index (χ1n) is 6.92. The number of nitrogen functional groups attached to an aromatic ring is 1. The van der Waals surface area contributed by atoms with Gasteiger partial charge in [-0.3, -0.25) is 5.10 Å². The van der Waals surface area contributed by atoms with Gasteiger partial charge < -0.3 is 5.73 Å². The summed E-state index contributed by atoms with van der Waals surface area (Å²) in [4.78, 5) is 0. The Morgan fingerprint density at radius 1 is 1.11 bits per heavy atom. The molecule has 0 spiro atoms. The number of benzene rings is 1. The quantitative estimate of drug-likeness (QED) is 0.870. The highest BCUT2D eigenvalue weighted by atomic mass is 15.2. The van der Waals surface area contributed by atoms with Gasteiger partial charge in [0.25, 0.3) is 0 Å². The zero-order valence-electron chi connectivity index (χ0n) is 12.2. The summed E-state index contributed by atoms with van der Waals surface area (Å²) in [6.45, 7) is 8.79. The maximum Gasteiger partial charge on any atom is 0.149 e. The maximum absolute atomic E-state index is 5.96. The van der Waals surface area contributed by atoms with Crippen molar-refractivity contribution >= 4 is 5.82 Å². The van der Waals surface area contributed by atoms with Gasteiger partial charge in [0.15, 0.2) is 0 Å². The second-order valence-corrected chi connectivity index (χ2v) is 5.84. The molecule has 0 saturated carbocycles. The Bertz CT molecular complexity index is 536. The monoisotopic (exact) mass is 257 g/mol. The Balaban J connectivity index is 2.36. The van der Waals surface area contributed by atoms with Crippen molar-refractivity contribution in [3.8, 4) is 11.3 Å². The highest BCUT2D eigenvalue weighted by molar-refractivity contribution is 5.68. The van der Waals surface area contributed by atoms with Gasteiger partial charge in [0.2, 0.25) is 0 Å². The minimum atomic E-state index is 0.552. The number of anilines is 1. The summed E-state index contributed by atoms with van der Waals surface area (Å²) in [6, 6.07) is 8.64. The molecule has 19 heavy (non-hydrogen) atoms. The van der Waals surface area contributed by atoms with Crippen LogP contribution in [-0.4, -0.2) is 10.2 Å². The molecule has 1 aromatic heterocycles. The normalized spacial score (nSPS) is 11.5. The number of hydrogen-bond donors (Lipinski definition) is 2. The van der Waals surface area contributed by atoms with Gasteiger partial charge in [-0.05, 0) is 29.4 Å². The lowest BCUT2D eigenvalue weighted by molar-refractivity contribution is 0.649. The minimum absolute atomic E-state index is 0.552. The Kier molecular flexibility index (Phi) is 3.93. The van der Waals surface area contributed by atoms with Gasteiger partial charge in [0.05, 0.1) is 5.69 Å². The van der Waals surface area contributed by atoms with Crippen molar-refractivity contribution in [3.63, 3.8) is 0 Å². The van der Waals surface area contributed by atoms with Crippen molar-refractivity contribution in [2.45, 2.75) is 40.0 Å². The van der Waals surface area contributed by atoms with Gasteiger partial charge >= 0.3 is 0 Å². The van der Waals surface area contributed by atoms with E-state index in [9.17, 15) is 0 Å². The fraction of sp³-hybridized carbons (Fsp3) is 0.438. The number of H-pyrrole nitrogens is 1. The van der Waals surface area contributed by atoms with Gasteiger partial charge in [-0.1, -0.05) is 52.0 Å². The maximum atomic E-state index is 5.96. The predicted molar refractivity (Wildman–Crippen MR) is 81.1 cm³/mol. The van der Waals surface area contributed by atoms with Gasteiger partial charge in [0.1, 0.15) is 5.82 Å². The molecule has 0 aliphatic carbocycles. The Hall–Kier alpha value is -1.77. The summed E-state index contributed by atoms with van der Waals surface area (Å²) < 4.78 is 0. The van der Waals surface area contributed by atoms with Gasteiger partial charge in [-0.25, -0.2) is 0 Å². The zero-order valence-corrected chi connectivity index (χ0v) is 12.2. The van der Waals surface area contributed by atoms with Crippen LogP contribution in [0.15, 0.2) is 24.3 Å². The van der Waals surface area contributed by atoms with Crippen LogP contribution in [0.2, 0.25) is 0 Å². The number of nitrogens with zero attached hydrogens (tertiary/aromatic N) is 1. The topological polar surface area (TPSA) is 54.7 Å². The van der Waals surface area contributed by atoms with Crippen LogP contribution in [-0.2, 0) is 6.42 Å². The number of nitrogens with two attached hydrogens (primary N) is 1. The third-order valence-corrected chi connectivity index (χ3v) is 3.38. The molecule has 2 rings (SSSR count). The number of nitrogens with one attached hydrogen (secondary N) is 1. The Labute approximate surface area is 115 Å². The molecule has 3 nitrogen and oxygen atoms in total. The standard InChI is InChI=1S/C16H23N3/c1-10(2)9-14-15(18-19-16(14)17)13-7-5-12(6-8-13)11(3)4/h5-8,10-11H,9H2,1-4H3,(H3,17,18,19). The van der Waals surface area contributed by atoms with Crippen LogP contribution in [0.4, 0.5) is 5.82 Å². The molecule has 0 aliphatic heterocycles. The first-order chi connectivity index (χ1) is 8.99. The molecule has 0 bridgehead atoms. The first kappa shape index (κ1) is 13.7. The van der Waals surface area contributed by atoms with Gasteiger partial charge in [-0.15, -0.1) is 0 Å². The van der Waals surface area contributed by atoms with Crippen molar-refractivity contribution < 1.29 is 0 Å². The second-order valence-electron chi connectivity index (χ2n) is 5.84. The summed E-state index contributed by atoms with van der Waals surface area (Å²) in [5.74, 6) is 1.74. The van der Waals surface area contributed by atoms with E-state index in [-0.39, 0.29) is 0 Å². The molecular formula is C16H23N3. The summed E-state index contributed by atoms with van der Waals surface area (Å²) >= 11 is 0. The second kappa shape index (κ2) is 5.47. The third kappa shape index (κ3) is 2.98.